The number of nitrogens with zero attached hydrogens (tertiary/aromatic N) is 4. The van der Waals surface area contributed by atoms with Gasteiger partial charge in [0, 0.05) is 47.3 Å². The molecule has 0 atom stereocenters. The van der Waals surface area contributed by atoms with Gasteiger partial charge in [0.05, 0.1) is 29.1 Å². The number of halogens is 1. The first-order valence-corrected chi connectivity index (χ1v) is 11.8. The summed E-state index contributed by atoms with van der Waals surface area (Å²) in [7, 11) is 0. The Labute approximate surface area is 182 Å². The largest absolute Gasteiger partial charge is 0.474 e. The summed E-state index contributed by atoms with van der Waals surface area (Å²) in [6, 6.07) is 4.11. The van der Waals surface area contributed by atoms with Crippen LogP contribution in [-0.4, -0.2) is 47.4 Å². The number of ether oxygens (including phenoxy) is 2. The van der Waals surface area contributed by atoms with Crippen molar-refractivity contribution in [3.05, 3.63) is 39.4 Å². The van der Waals surface area contributed by atoms with E-state index >= 15 is 0 Å². The lowest BCUT2D eigenvalue weighted by atomic mass is 9.88. The lowest BCUT2D eigenvalue weighted by Gasteiger charge is -2.30. The van der Waals surface area contributed by atoms with Crippen LogP contribution in [-0.2, 0) is 4.74 Å². The third kappa shape index (κ3) is 4.25. The fourth-order valence-corrected chi connectivity index (χ4v) is 5.26. The minimum absolute atomic E-state index is 0.181. The number of thiazole rings is 1. The van der Waals surface area contributed by atoms with Crippen molar-refractivity contribution in [3.8, 4) is 5.88 Å². The van der Waals surface area contributed by atoms with Gasteiger partial charge >= 0.3 is 0 Å². The Bertz CT molecular complexity index is 970. The highest BCUT2D eigenvalue weighted by molar-refractivity contribution is 9.10. The summed E-state index contributed by atoms with van der Waals surface area (Å²) in [4.78, 5) is 16.3. The summed E-state index contributed by atoms with van der Waals surface area (Å²) < 4.78 is 12.9. The number of hydrogen-bond donors (Lipinski definition) is 0. The van der Waals surface area contributed by atoms with Crippen molar-refractivity contribution in [3.63, 3.8) is 0 Å². The molecule has 1 saturated carbocycles. The Morgan fingerprint density at radius 1 is 1.10 bits per heavy atom. The van der Waals surface area contributed by atoms with E-state index in [1.54, 1.807) is 11.3 Å². The van der Waals surface area contributed by atoms with Gasteiger partial charge in [0.15, 0.2) is 0 Å². The van der Waals surface area contributed by atoms with Gasteiger partial charge in [0.25, 0.3) is 0 Å². The first-order valence-electron chi connectivity index (χ1n) is 10.1. The second-order valence-corrected chi connectivity index (χ2v) is 9.41. The first kappa shape index (κ1) is 19.2. The van der Waals surface area contributed by atoms with E-state index in [4.69, 9.17) is 14.5 Å². The molecule has 3 aromatic rings. The molecule has 1 aliphatic heterocycles. The third-order valence-corrected chi connectivity index (χ3v) is 7.06. The number of fused-ring (bicyclic) bond motifs is 1. The SMILES string of the molecule is Brc1cnc2cc(N3CCOCC3)nc(O[C@H]3CC[C@@H](c4nccs4)CC3)c2c1. The molecule has 0 bridgehead atoms. The van der Waals surface area contributed by atoms with E-state index in [0.717, 1.165) is 73.2 Å². The maximum Gasteiger partial charge on any atom is 0.225 e. The molecule has 0 spiro atoms. The summed E-state index contributed by atoms with van der Waals surface area (Å²) >= 11 is 5.30. The highest BCUT2D eigenvalue weighted by Gasteiger charge is 2.26. The van der Waals surface area contributed by atoms with Crippen LogP contribution >= 0.6 is 27.3 Å². The van der Waals surface area contributed by atoms with Crippen LogP contribution in [0, 0.1) is 0 Å². The average Bonchev–Trinajstić information content (AvgIpc) is 3.30. The van der Waals surface area contributed by atoms with Gasteiger partial charge in [-0.2, -0.15) is 4.98 Å². The van der Waals surface area contributed by atoms with Crippen LogP contribution in [0.2, 0.25) is 0 Å². The maximum absolute atomic E-state index is 6.47. The predicted octanol–water partition coefficient (Wildman–Crippen LogP) is 4.79. The molecular formula is C21H23BrN4O2S. The molecule has 8 heteroatoms. The molecule has 0 radical (unpaired) electrons. The Hall–Kier alpha value is -1.77. The molecule has 0 aromatic carbocycles. The van der Waals surface area contributed by atoms with E-state index < -0.39 is 0 Å². The normalized spacial score (nSPS) is 22.7. The monoisotopic (exact) mass is 474 g/mol. The minimum Gasteiger partial charge on any atom is -0.474 e. The van der Waals surface area contributed by atoms with Crippen molar-refractivity contribution in [2.75, 3.05) is 31.2 Å². The van der Waals surface area contributed by atoms with Gasteiger partial charge in [-0.25, -0.2) is 4.98 Å². The molecule has 4 heterocycles. The molecule has 29 heavy (non-hydrogen) atoms. The van der Waals surface area contributed by atoms with Gasteiger partial charge < -0.3 is 14.4 Å². The fourth-order valence-electron chi connectivity index (χ4n) is 4.12. The third-order valence-electron chi connectivity index (χ3n) is 5.69. The summed E-state index contributed by atoms with van der Waals surface area (Å²) in [5.41, 5.74) is 0.913. The first-order chi connectivity index (χ1) is 14.3. The second-order valence-electron chi connectivity index (χ2n) is 7.57. The van der Waals surface area contributed by atoms with Crippen LogP contribution in [0.25, 0.3) is 10.9 Å². The van der Waals surface area contributed by atoms with E-state index in [-0.39, 0.29) is 6.10 Å². The van der Waals surface area contributed by atoms with Crippen molar-refractivity contribution < 1.29 is 9.47 Å². The zero-order valence-corrected chi connectivity index (χ0v) is 18.5. The van der Waals surface area contributed by atoms with Crippen molar-refractivity contribution in [1.82, 2.24) is 15.0 Å². The Morgan fingerprint density at radius 3 is 2.69 bits per heavy atom. The van der Waals surface area contributed by atoms with Gasteiger partial charge in [-0.15, -0.1) is 11.3 Å². The summed E-state index contributed by atoms with van der Waals surface area (Å²) in [6.07, 6.45) is 8.19. The van der Waals surface area contributed by atoms with Gasteiger partial charge in [0.2, 0.25) is 5.88 Å². The Kier molecular flexibility index (Phi) is 5.65. The number of morpholine rings is 1. The zero-order valence-electron chi connectivity index (χ0n) is 16.1. The Balaban J connectivity index is 1.38. The fraction of sp³-hybridized carbons (Fsp3) is 0.476. The molecular weight excluding hydrogens is 452 g/mol. The van der Waals surface area contributed by atoms with E-state index in [1.165, 1.54) is 5.01 Å². The van der Waals surface area contributed by atoms with Crippen LogP contribution in [0.4, 0.5) is 5.82 Å². The summed E-state index contributed by atoms with van der Waals surface area (Å²) in [5.74, 6) is 2.17. The molecule has 0 N–H and O–H groups in total. The highest BCUT2D eigenvalue weighted by Crippen LogP contribution is 2.37. The minimum atomic E-state index is 0.181. The lowest BCUT2D eigenvalue weighted by molar-refractivity contribution is 0.122. The van der Waals surface area contributed by atoms with Crippen molar-refractivity contribution in [2.24, 2.45) is 0 Å². The molecule has 1 aliphatic carbocycles. The quantitative estimate of drug-likeness (QED) is 0.541. The zero-order chi connectivity index (χ0) is 19.6. The van der Waals surface area contributed by atoms with Crippen LogP contribution in [0.5, 0.6) is 5.88 Å². The number of hydrogen-bond acceptors (Lipinski definition) is 7. The van der Waals surface area contributed by atoms with Crippen molar-refractivity contribution in [2.45, 2.75) is 37.7 Å². The van der Waals surface area contributed by atoms with Gasteiger partial charge in [-0.3, -0.25) is 4.98 Å². The van der Waals surface area contributed by atoms with E-state index in [0.29, 0.717) is 11.8 Å². The Morgan fingerprint density at radius 2 is 1.93 bits per heavy atom. The van der Waals surface area contributed by atoms with Gasteiger partial charge in [-0.05, 0) is 47.7 Å². The average molecular weight is 475 g/mol. The van der Waals surface area contributed by atoms with E-state index in [9.17, 15) is 0 Å². The molecule has 6 nitrogen and oxygen atoms in total. The number of pyridine rings is 2. The molecule has 152 valence electrons. The number of aromatic nitrogens is 3. The van der Waals surface area contributed by atoms with Crippen LogP contribution in [0.3, 0.4) is 0 Å². The highest BCUT2D eigenvalue weighted by atomic mass is 79.9. The summed E-state index contributed by atoms with van der Waals surface area (Å²) in [5, 5.41) is 4.28. The molecule has 0 unspecified atom stereocenters. The molecule has 3 aromatic heterocycles. The van der Waals surface area contributed by atoms with Crippen molar-refractivity contribution in [1.29, 1.82) is 0 Å². The molecule has 0 amide bonds. The topological polar surface area (TPSA) is 60.4 Å². The molecule has 5 rings (SSSR count). The van der Waals surface area contributed by atoms with Gasteiger partial charge in [0.1, 0.15) is 11.9 Å². The predicted molar refractivity (Wildman–Crippen MR) is 118 cm³/mol. The van der Waals surface area contributed by atoms with Crippen LogP contribution in [0.1, 0.15) is 36.6 Å². The second kappa shape index (κ2) is 8.53. The van der Waals surface area contributed by atoms with Crippen LogP contribution in [0.15, 0.2) is 34.4 Å². The maximum atomic E-state index is 6.47. The lowest BCUT2D eigenvalue weighted by Crippen LogP contribution is -2.36. The molecule has 2 fully saturated rings. The van der Waals surface area contributed by atoms with Crippen LogP contribution < -0.4 is 9.64 Å². The molecule has 2 aliphatic rings. The van der Waals surface area contributed by atoms with E-state index in [2.05, 4.69) is 48.3 Å². The standard InChI is InChI=1S/C21H23BrN4O2S/c22-15-11-17-18(24-13-15)12-19(26-6-8-27-9-7-26)25-20(17)28-16-3-1-14(2-4-16)21-23-5-10-29-21/h5,10-14,16H,1-4,6-9H2/t14-,16+. The number of rotatable bonds is 4. The smallest absolute Gasteiger partial charge is 0.225 e. The molecule has 1 saturated heterocycles. The summed E-state index contributed by atoms with van der Waals surface area (Å²) in [6.45, 7) is 3.13. The van der Waals surface area contributed by atoms with Gasteiger partial charge in [-0.1, -0.05) is 0 Å². The number of anilines is 1. The van der Waals surface area contributed by atoms with E-state index in [1.807, 2.05) is 12.4 Å². The van der Waals surface area contributed by atoms with Crippen molar-refractivity contribution >= 4 is 44.0 Å².